The molecule has 0 aliphatic carbocycles. The lowest BCUT2D eigenvalue weighted by atomic mass is 10.3. The molecule has 1 aromatic rings. The molecule has 0 radical (unpaired) electrons. The smallest absolute Gasteiger partial charge is 0.235 e. The fraction of sp³-hybridized carbons (Fsp3) is 0.444. The van der Waals surface area contributed by atoms with Gasteiger partial charge in [-0.2, -0.15) is 0 Å². The van der Waals surface area contributed by atoms with Crippen LogP contribution in [0, 0.1) is 13.8 Å². The highest BCUT2D eigenvalue weighted by atomic mass is 35.5. The molecule has 0 unspecified atom stereocenters. The van der Waals surface area contributed by atoms with Crippen LogP contribution in [0.4, 0.5) is 0 Å². The number of amides is 1. The molecule has 1 aromatic heterocycles. The van der Waals surface area contributed by atoms with Crippen LogP contribution >= 0.6 is 22.9 Å². The van der Waals surface area contributed by atoms with Crippen LogP contribution in [0.1, 0.15) is 15.3 Å². The number of rotatable bonds is 3. The van der Waals surface area contributed by atoms with Crippen molar-refractivity contribution in [2.75, 3.05) is 5.88 Å². The molecule has 2 nitrogen and oxygen atoms in total. The Morgan fingerprint density at radius 1 is 1.62 bits per heavy atom. The molecular formula is C9H12ClNOS. The summed E-state index contributed by atoms with van der Waals surface area (Å²) >= 11 is 7.06. The average Bonchev–Trinajstić information content (AvgIpc) is 2.42. The number of hydrogen-bond donors (Lipinski definition) is 1. The monoisotopic (exact) mass is 217 g/mol. The van der Waals surface area contributed by atoms with Gasteiger partial charge in [0.1, 0.15) is 5.88 Å². The number of nitrogens with one attached hydrogen (secondary N) is 1. The van der Waals surface area contributed by atoms with Crippen molar-refractivity contribution in [1.29, 1.82) is 0 Å². The minimum Gasteiger partial charge on any atom is -0.350 e. The lowest BCUT2D eigenvalue weighted by molar-refractivity contribution is -0.118. The topological polar surface area (TPSA) is 29.1 Å². The van der Waals surface area contributed by atoms with E-state index in [2.05, 4.69) is 25.2 Å². The van der Waals surface area contributed by atoms with E-state index in [0.29, 0.717) is 6.54 Å². The summed E-state index contributed by atoms with van der Waals surface area (Å²) in [4.78, 5) is 13.3. The summed E-state index contributed by atoms with van der Waals surface area (Å²) in [5.74, 6) is -0.0889. The average molecular weight is 218 g/mol. The highest BCUT2D eigenvalue weighted by molar-refractivity contribution is 7.12. The van der Waals surface area contributed by atoms with Crippen molar-refractivity contribution >= 4 is 28.8 Å². The highest BCUT2D eigenvalue weighted by Gasteiger charge is 2.02. The van der Waals surface area contributed by atoms with Gasteiger partial charge in [0.25, 0.3) is 0 Å². The third-order valence-electron chi connectivity index (χ3n) is 1.80. The van der Waals surface area contributed by atoms with Crippen molar-refractivity contribution in [2.24, 2.45) is 0 Å². The number of carbonyl (C=O) groups excluding carboxylic acids is 1. The molecule has 0 saturated heterocycles. The van der Waals surface area contributed by atoms with E-state index in [1.165, 1.54) is 15.3 Å². The van der Waals surface area contributed by atoms with Crippen LogP contribution in [0.3, 0.4) is 0 Å². The van der Waals surface area contributed by atoms with Crippen LogP contribution in [0.15, 0.2) is 6.07 Å². The molecule has 4 heteroatoms. The molecule has 13 heavy (non-hydrogen) atoms. The Labute approximate surface area is 86.9 Å². The summed E-state index contributed by atoms with van der Waals surface area (Å²) in [5.41, 5.74) is 1.28. The van der Waals surface area contributed by atoms with Crippen molar-refractivity contribution in [3.05, 3.63) is 21.4 Å². The van der Waals surface area contributed by atoms with Gasteiger partial charge in [-0.3, -0.25) is 4.79 Å². The van der Waals surface area contributed by atoms with Crippen LogP contribution in [-0.2, 0) is 11.3 Å². The lowest BCUT2D eigenvalue weighted by Gasteiger charge is -1.98. The van der Waals surface area contributed by atoms with E-state index in [4.69, 9.17) is 11.6 Å². The van der Waals surface area contributed by atoms with Crippen molar-refractivity contribution in [3.63, 3.8) is 0 Å². The summed E-state index contributed by atoms with van der Waals surface area (Å²) in [7, 11) is 0. The minimum atomic E-state index is -0.120. The van der Waals surface area contributed by atoms with Crippen molar-refractivity contribution in [1.82, 2.24) is 5.32 Å². The molecule has 1 heterocycles. The molecule has 1 N–H and O–H groups in total. The van der Waals surface area contributed by atoms with Gasteiger partial charge in [-0.15, -0.1) is 22.9 Å². The zero-order valence-electron chi connectivity index (χ0n) is 7.69. The number of aryl methyl sites for hydroxylation is 2. The van der Waals surface area contributed by atoms with Crippen LogP contribution < -0.4 is 5.32 Å². The fourth-order valence-electron chi connectivity index (χ4n) is 0.970. The largest absolute Gasteiger partial charge is 0.350 e. The maximum absolute atomic E-state index is 10.8. The summed E-state index contributed by atoms with van der Waals surface area (Å²) in [6, 6.07) is 2.09. The van der Waals surface area contributed by atoms with Gasteiger partial charge in [0, 0.05) is 9.75 Å². The van der Waals surface area contributed by atoms with E-state index in [-0.39, 0.29) is 11.8 Å². The Bertz CT molecular complexity index is 289. The summed E-state index contributed by atoms with van der Waals surface area (Å²) < 4.78 is 0. The minimum absolute atomic E-state index is 0.0311. The van der Waals surface area contributed by atoms with Gasteiger partial charge in [-0.1, -0.05) is 0 Å². The maximum Gasteiger partial charge on any atom is 0.235 e. The van der Waals surface area contributed by atoms with E-state index < -0.39 is 0 Å². The Kier molecular flexibility index (Phi) is 3.75. The zero-order chi connectivity index (χ0) is 9.84. The molecule has 0 atom stereocenters. The van der Waals surface area contributed by atoms with Crippen molar-refractivity contribution in [3.8, 4) is 0 Å². The Morgan fingerprint density at radius 3 is 2.77 bits per heavy atom. The van der Waals surface area contributed by atoms with Crippen LogP contribution in [0.5, 0.6) is 0 Å². The lowest BCUT2D eigenvalue weighted by Crippen LogP contribution is -2.23. The highest BCUT2D eigenvalue weighted by Crippen LogP contribution is 2.20. The Hall–Kier alpha value is -0.540. The van der Waals surface area contributed by atoms with E-state index in [1.807, 2.05) is 0 Å². The van der Waals surface area contributed by atoms with Crippen LogP contribution in [0.25, 0.3) is 0 Å². The van der Waals surface area contributed by atoms with Gasteiger partial charge >= 0.3 is 0 Å². The van der Waals surface area contributed by atoms with Gasteiger partial charge in [-0.05, 0) is 25.5 Å². The summed E-state index contributed by atoms with van der Waals surface area (Å²) in [5, 5.41) is 2.73. The van der Waals surface area contributed by atoms with Gasteiger partial charge in [-0.25, -0.2) is 0 Å². The second-order valence-electron chi connectivity index (χ2n) is 2.86. The molecule has 72 valence electrons. The van der Waals surface area contributed by atoms with Crippen LogP contribution in [0.2, 0.25) is 0 Å². The summed E-state index contributed by atoms with van der Waals surface area (Å²) in [6.45, 7) is 4.73. The van der Waals surface area contributed by atoms with Crippen LogP contribution in [-0.4, -0.2) is 11.8 Å². The van der Waals surface area contributed by atoms with E-state index in [0.717, 1.165) is 0 Å². The molecule has 1 rings (SSSR count). The second-order valence-corrected chi connectivity index (χ2v) is 4.47. The first-order valence-electron chi connectivity index (χ1n) is 4.02. The Balaban J connectivity index is 2.50. The molecule has 0 saturated carbocycles. The molecule has 0 aliphatic heterocycles. The number of carbonyl (C=O) groups is 1. The maximum atomic E-state index is 10.8. The molecule has 0 spiro atoms. The van der Waals surface area contributed by atoms with E-state index >= 15 is 0 Å². The first kappa shape index (κ1) is 10.5. The first-order chi connectivity index (χ1) is 6.13. The SMILES string of the molecule is Cc1cc(CNC(=O)CCl)sc1C. The van der Waals surface area contributed by atoms with Gasteiger partial charge in [0.15, 0.2) is 0 Å². The second kappa shape index (κ2) is 4.63. The normalized spacial score (nSPS) is 10.1. The third kappa shape index (κ3) is 3.01. The number of alkyl halides is 1. The molecular weight excluding hydrogens is 206 g/mol. The molecule has 0 bridgehead atoms. The molecule has 1 amide bonds. The zero-order valence-corrected chi connectivity index (χ0v) is 9.26. The number of thiophene rings is 1. The van der Waals surface area contributed by atoms with Gasteiger partial charge in [0.2, 0.25) is 5.91 Å². The van der Waals surface area contributed by atoms with Gasteiger partial charge < -0.3 is 5.32 Å². The molecule has 0 fully saturated rings. The number of halogens is 1. The standard InChI is InChI=1S/C9H12ClNOS/c1-6-3-8(13-7(6)2)5-11-9(12)4-10/h3H,4-5H2,1-2H3,(H,11,12). The predicted octanol–water partition coefficient (Wildman–Crippen LogP) is 2.22. The van der Waals surface area contributed by atoms with E-state index in [1.54, 1.807) is 11.3 Å². The summed E-state index contributed by atoms with van der Waals surface area (Å²) in [6.07, 6.45) is 0. The first-order valence-corrected chi connectivity index (χ1v) is 5.37. The fourth-order valence-corrected chi connectivity index (χ4v) is 2.06. The van der Waals surface area contributed by atoms with Gasteiger partial charge in [0.05, 0.1) is 6.54 Å². The number of hydrogen-bond acceptors (Lipinski definition) is 2. The van der Waals surface area contributed by atoms with E-state index in [9.17, 15) is 4.79 Å². The van der Waals surface area contributed by atoms with Crippen molar-refractivity contribution < 1.29 is 4.79 Å². The van der Waals surface area contributed by atoms with Crippen molar-refractivity contribution in [2.45, 2.75) is 20.4 Å². The Morgan fingerprint density at radius 2 is 2.31 bits per heavy atom. The molecule has 0 aromatic carbocycles. The predicted molar refractivity (Wildman–Crippen MR) is 56.4 cm³/mol. The quantitative estimate of drug-likeness (QED) is 0.773. The molecule has 0 aliphatic rings. The third-order valence-corrected chi connectivity index (χ3v) is 3.19.